The van der Waals surface area contributed by atoms with Crippen molar-refractivity contribution in [1.82, 2.24) is 10.2 Å². The summed E-state index contributed by atoms with van der Waals surface area (Å²) in [4.78, 5) is 40.8. The number of aliphatic hydroxyl groups is 1. The minimum Gasteiger partial charge on any atom is -0.509 e. The Morgan fingerprint density at radius 2 is 1.69 bits per heavy atom. The lowest BCUT2D eigenvalue weighted by molar-refractivity contribution is -0.155. The van der Waals surface area contributed by atoms with Gasteiger partial charge in [-0.25, -0.2) is 4.79 Å². The molecule has 35 heavy (non-hydrogen) atoms. The van der Waals surface area contributed by atoms with Crippen LogP contribution in [0.1, 0.15) is 22.1 Å². The molecule has 1 fully saturated rings. The van der Waals surface area contributed by atoms with Crippen LogP contribution in [-0.2, 0) is 25.5 Å². The second-order valence-electron chi connectivity index (χ2n) is 8.11. The number of amides is 2. The maximum Gasteiger partial charge on any atom is 0.359 e. The van der Waals surface area contributed by atoms with Gasteiger partial charge in [0, 0.05) is 4.88 Å². The van der Waals surface area contributed by atoms with Crippen molar-refractivity contribution >= 4 is 40.9 Å². The van der Waals surface area contributed by atoms with Gasteiger partial charge in [-0.1, -0.05) is 66.7 Å². The molecule has 2 aliphatic rings. The Hall–Kier alpha value is -3.56. The van der Waals surface area contributed by atoms with Crippen LogP contribution in [0.5, 0.6) is 0 Å². The van der Waals surface area contributed by atoms with Gasteiger partial charge in [0.1, 0.15) is 17.2 Å². The normalized spacial score (nSPS) is 19.2. The van der Waals surface area contributed by atoms with Crippen molar-refractivity contribution in [2.24, 2.45) is 0 Å². The van der Waals surface area contributed by atoms with Crippen molar-refractivity contribution in [1.29, 1.82) is 0 Å². The Bertz CT molecular complexity index is 1220. The number of carbonyl (C=O) groups excluding carboxylic acids is 3. The van der Waals surface area contributed by atoms with Gasteiger partial charge in [0.15, 0.2) is 11.8 Å². The van der Waals surface area contributed by atoms with Crippen LogP contribution in [0.3, 0.4) is 0 Å². The molecule has 0 radical (unpaired) electrons. The quantitative estimate of drug-likeness (QED) is 0.374. The number of thiophene rings is 1. The molecule has 2 atom stereocenters. The summed E-state index contributed by atoms with van der Waals surface area (Å²) >= 11 is 2.76. The van der Waals surface area contributed by atoms with Crippen LogP contribution in [0, 0.1) is 0 Å². The minimum absolute atomic E-state index is 0.136. The first-order valence-corrected chi connectivity index (χ1v) is 12.9. The van der Waals surface area contributed by atoms with E-state index in [0.717, 1.165) is 16.0 Å². The van der Waals surface area contributed by atoms with E-state index in [0.29, 0.717) is 0 Å². The van der Waals surface area contributed by atoms with Crippen molar-refractivity contribution in [3.8, 4) is 0 Å². The predicted octanol–water partition coefficient (Wildman–Crippen LogP) is 3.79. The highest BCUT2D eigenvalue weighted by Crippen LogP contribution is 2.41. The number of esters is 1. The van der Waals surface area contributed by atoms with Crippen LogP contribution in [0.4, 0.5) is 0 Å². The van der Waals surface area contributed by atoms with Gasteiger partial charge in [0.25, 0.3) is 5.91 Å². The van der Waals surface area contributed by atoms with Crippen molar-refractivity contribution in [3.63, 3.8) is 0 Å². The number of nitrogens with zero attached hydrogens (tertiary/aromatic N) is 1. The fraction of sp³-hybridized carbons (Fsp3) is 0.192. The SMILES string of the molecule is O=C(Cc1cccs1)N[C@@H]1C(=O)N2C(C(=O)OC(c3ccccc3)c3ccccc3)=C(O)CS[C@H]12. The van der Waals surface area contributed by atoms with E-state index in [4.69, 9.17) is 4.74 Å². The minimum atomic E-state index is -0.790. The van der Waals surface area contributed by atoms with Crippen LogP contribution in [-0.4, -0.2) is 45.0 Å². The van der Waals surface area contributed by atoms with E-state index in [1.54, 1.807) is 0 Å². The molecule has 0 bridgehead atoms. The summed E-state index contributed by atoms with van der Waals surface area (Å²) in [5.74, 6) is -1.58. The third-order valence-corrected chi connectivity index (χ3v) is 7.94. The molecule has 2 N–H and O–H groups in total. The Balaban J connectivity index is 1.33. The molecular formula is C26H22N2O5S2. The van der Waals surface area contributed by atoms with E-state index in [9.17, 15) is 19.5 Å². The second-order valence-corrected chi connectivity index (χ2v) is 10.3. The Morgan fingerprint density at radius 3 is 2.29 bits per heavy atom. The van der Waals surface area contributed by atoms with Crippen LogP contribution >= 0.6 is 23.1 Å². The molecule has 0 spiro atoms. The van der Waals surface area contributed by atoms with Gasteiger partial charge < -0.3 is 15.2 Å². The molecule has 7 nitrogen and oxygen atoms in total. The van der Waals surface area contributed by atoms with Crippen molar-refractivity contribution in [2.45, 2.75) is 23.9 Å². The van der Waals surface area contributed by atoms with E-state index >= 15 is 0 Å². The summed E-state index contributed by atoms with van der Waals surface area (Å²) < 4.78 is 5.87. The Morgan fingerprint density at radius 1 is 1.03 bits per heavy atom. The molecule has 3 aromatic rings. The number of aliphatic hydroxyl groups excluding tert-OH is 1. The van der Waals surface area contributed by atoms with E-state index < -0.39 is 29.4 Å². The maximum absolute atomic E-state index is 13.3. The van der Waals surface area contributed by atoms with E-state index in [1.165, 1.54) is 28.0 Å². The number of hydrogen-bond donors (Lipinski definition) is 2. The first kappa shape index (κ1) is 23.2. The molecule has 2 aliphatic heterocycles. The number of hydrogen-bond acceptors (Lipinski definition) is 7. The monoisotopic (exact) mass is 506 g/mol. The highest BCUT2D eigenvalue weighted by Gasteiger charge is 2.55. The molecule has 178 valence electrons. The molecule has 2 aromatic carbocycles. The van der Waals surface area contributed by atoms with Crippen LogP contribution < -0.4 is 5.32 Å². The first-order chi connectivity index (χ1) is 17.0. The first-order valence-electron chi connectivity index (χ1n) is 11.0. The number of carbonyl (C=O) groups is 3. The standard InChI is InChI=1S/C26H22N2O5S2/c29-19-15-35-25-21(27-20(30)14-18-12-7-13-34-18)24(31)28(25)22(19)26(32)33-23(16-8-3-1-4-9-16)17-10-5-2-6-11-17/h1-13,21,23,25,29H,14-15H2,(H,27,30)/t21-,25-/m1/s1. The average molecular weight is 507 g/mol. The van der Waals surface area contributed by atoms with Gasteiger partial charge in [0.05, 0.1) is 12.2 Å². The number of thioether (sulfide) groups is 1. The zero-order chi connectivity index (χ0) is 24.4. The maximum atomic E-state index is 13.3. The molecule has 3 heterocycles. The molecule has 0 unspecified atom stereocenters. The highest BCUT2D eigenvalue weighted by molar-refractivity contribution is 8.00. The topological polar surface area (TPSA) is 95.9 Å². The van der Waals surface area contributed by atoms with E-state index in [-0.39, 0.29) is 29.5 Å². The number of benzene rings is 2. The fourth-order valence-electron chi connectivity index (χ4n) is 4.14. The highest BCUT2D eigenvalue weighted by atomic mass is 32.2. The molecule has 1 saturated heterocycles. The zero-order valence-electron chi connectivity index (χ0n) is 18.5. The molecule has 9 heteroatoms. The summed E-state index contributed by atoms with van der Waals surface area (Å²) in [7, 11) is 0. The lowest BCUT2D eigenvalue weighted by Crippen LogP contribution is -2.70. The van der Waals surface area contributed by atoms with Crippen LogP contribution in [0.2, 0.25) is 0 Å². The number of nitrogens with one attached hydrogen (secondary N) is 1. The smallest absolute Gasteiger partial charge is 0.359 e. The zero-order valence-corrected chi connectivity index (χ0v) is 20.1. The van der Waals surface area contributed by atoms with Gasteiger partial charge in [-0.3, -0.25) is 14.5 Å². The number of rotatable bonds is 7. The summed E-state index contributed by atoms with van der Waals surface area (Å²) in [5.41, 5.74) is 1.37. The molecule has 0 aliphatic carbocycles. The molecule has 2 amide bonds. The van der Waals surface area contributed by atoms with Crippen LogP contribution in [0.25, 0.3) is 0 Å². The van der Waals surface area contributed by atoms with Crippen molar-refractivity contribution < 1.29 is 24.2 Å². The third kappa shape index (κ3) is 4.69. The Labute approximate surface area is 210 Å². The summed E-state index contributed by atoms with van der Waals surface area (Å²) in [6.45, 7) is 0. The third-order valence-electron chi connectivity index (χ3n) is 5.80. The van der Waals surface area contributed by atoms with Gasteiger partial charge in [0.2, 0.25) is 5.91 Å². The molecular weight excluding hydrogens is 484 g/mol. The lowest BCUT2D eigenvalue weighted by atomic mass is 10.0. The Kier molecular flexibility index (Phi) is 6.61. The summed E-state index contributed by atoms with van der Waals surface area (Å²) in [6.07, 6.45) is -0.527. The van der Waals surface area contributed by atoms with E-state index in [1.807, 2.05) is 78.2 Å². The molecule has 1 aromatic heterocycles. The average Bonchev–Trinajstić information content (AvgIpc) is 3.39. The van der Waals surface area contributed by atoms with Crippen molar-refractivity contribution in [3.05, 3.63) is 106 Å². The van der Waals surface area contributed by atoms with Crippen LogP contribution in [0.15, 0.2) is 89.6 Å². The number of β-lactam (4-membered cyclic amide) rings is 1. The van der Waals surface area contributed by atoms with Gasteiger partial charge in [-0.05, 0) is 22.6 Å². The largest absolute Gasteiger partial charge is 0.509 e. The van der Waals surface area contributed by atoms with Gasteiger partial charge in [-0.15, -0.1) is 23.1 Å². The molecule has 0 saturated carbocycles. The summed E-state index contributed by atoms with van der Waals surface area (Å²) in [5, 5.41) is 14.7. The molecule has 5 rings (SSSR count). The van der Waals surface area contributed by atoms with Crippen molar-refractivity contribution in [2.75, 3.05) is 5.75 Å². The lowest BCUT2D eigenvalue weighted by Gasteiger charge is -2.48. The second kappa shape index (κ2) is 9.97. The van der Waals surface area contributed by atoms with Gasteiger partial charge >= 0.3 is 5.97 Å². The number of ether oxygens (including phenoxy) is 1. The number of fused-ring (bicyclic) bond motifs is 1. The fourth-order valence-corrected chi connectivity index (χ4v) is 6.04. The van der Waals surface area contributed by atoms with Gasteiger partial charge in [-0.2, -0.15) is 0 Å². The van der Waals surface area contributed by atoms with E-state index in [2.05, 4.69) is 5.32 Å². The predicted molar refractivity (Wildman–Crippen MR) is 134 cm³/mol. The summed E-state index contributed by atoms with van der Waals surface area (Å²) in [6, 6.07) is 21.5.